The summed E-state index contributed by atoms with van der Waals surface area (Å²) in [6, 6.07) is 2.00. The van der Waals surface area contributed by atoms with Crippen molar-refractivity contribution < 1.29 is 8.42 Å². The van der Waals surface area contributed by atoms with Crippen LogP contribution in [0, 0.1) is 27.7 Å². The minimum atomic E-state index is -3.65. The average Bonchev–Trinajstić information content (AvgIpc) is 2.74. The normalized spacial score (nSPS) is 11.8. The molecule has 2 rings (SSSR count). The molecule has 1 aromatic heterocycles. The van der Waals surface area contributed by atoms with Crippen molar-refractivity contribution >= 4 is 26.0 Å². The second-order valence-corrected chi connectivity index (χ2v) is 7.27. The van der Waals surface area contributed by atoms with Crippen molar-refractivity contribution in [3.8, 4) is 0 Å². The number of nitrogens with zero attached hydrogens (tertiary/aromatic N) is 2. The molecule has 0 amide bonds. The molecule has 1 aromatic carbocycles. The summed E-state index contributed by atoms with van der Waals surface area (Å²) in [6.07, 6.45) is 2.91. The van der Waals surface area contributed by atoms with Gasteiger partial charge in [-0.15, -0.1) is 0 Å². The molecule has 0 bridgehead atoms. The molecule has 0 N–H and O–H groups in total. The van der Waals surface area contributed by atoms with Gasteiger partial charge in [0.05, 0.1) is 21.8 Å². The molecule has 0 aliphatic heterocycles. The molecule has 4 nitrogen and oxygen atoms in total. The number of halogens is 1. The molecule has 0 atom stereocenters. The topological polar surface area (TPSA) is 52.0 Å². The predicted molar refractivity (Wildman–Crippen MR) is 77.9 cm³/mol. The third-order valence-corrected chi connectivity index (χ3v) is 5.56. The molecule has 0 radical (unpaired) electrons. The van der Waals surface area contributed by atoms with Gasteiger partial charge in [-0.2, -0.15) is 17.6 Å². The molecule has 0 saturated heterocycles. The van der Waals surface area contributed by atoms with Crippen LogP contribution in [0.5, 0.6) is 0 Å². The van der Waals surface area contributed by atoms with E-state index in [-0.39, 0.29) is 0 Å². The van der Waals surface area contributed by atoms with Crippen LogP contribution in [0.4, 0.5) is 0 Å². The first kappa shape index (κ1) is 14.3. The Balaban J connectivity index is 2.78. The monoisotopic (exact) mass is 342 g/mol. The van der Waals surface area contributed by atoms with Gasteiger partial charge in [-0.3, -0.25) is 0 Å². The van der Waals surface area contributed by atoms with Crippen LogP contribution >= 0.6 is 15.9 Å². The largest absolute Gasteiger partial charge is 0.283 e. The van der Waals surface area contributed by atoms with E-state index in [1.165, 1.54) is 12.4 Å². The van der Waals surface area contributed by atoms with Crippen LogP contribution in [0.25, 0.3) is 0 Å². The average molecular weight is 343 g/mol. The van der Waals surface area contributed by atoms with Gasteiger partial charge in [0.15, 0.2) is 0 Å². The molecular formula is C13H15BrN2O2S. The molecule has 102 valence electrons. The lowest BCUT2D eigenvalue weighted by molar-refractivity contribution is 0.578. The van der Waals surface area contributed by atoms with Crippen molar-refractivity contribution in [3.63, 3.8) is 0 Å². The van der Waals surface area contributed by atoms with Crippen LogP contribution in [0.1, 0.15) is 22.3 Å². The summed E-state index contributed by atoms with van der Waals surface area (Å²) in [5.41, 5.74) is 3.48. The maximum atomic E-state index is 12.7. The maximum Gasteiger partial charge on any atom is 0.283 e. The third kappa shape index (κ3) is 2.34. The van der Waals surface area contributed by atoms with Crippen molar-refractivity contribution in [2.75, 3.05) is 0 Å². The quantitative estimate of drug-likeness (QED) is 0.842. The number of hydrogen-bond donors (Lipinski definition) is 0. The van der Waals surface area contributed by atoms with E-state index >= 15 is 0 Å². The molecule has 1 heterocycles. The van der Waals surface area contributed by atoms with Gasteiger partial charge >= 0.3 is 0 Å². The van der Waals surface area contributed by atoms with Crippen LogP contribution in [-0.2, 0) is 10.0 Å². The molecule has 0 spiro atoms. The Morgan fingerprint density at radius 3 is 2.05 bits per heavy atom. The first-order valence-electron chi connectivity index (χ1n) is 5.78. The van der Waals surface area contributed by atoms with Gasteiger partial charge in [-0.25, -0.2) is 0 Å². The second-order valence-electron chi connectivity index (χ2n) is 4.63. The molecule has 2 aromatic rings. The number of hydrogen-bond acceptors (Lipinski definition) is 3. The van der Waals surface area contributed by atoms with Crippen molar-refractivity contribution in [3.05, 3.63) is 45.2 Å². The summed E-state index contributed by atoms with van der Waals surface area (Å²) >= 11 is 3.22. The highest BCUT2D eigenvalue weighted by atomic mass is 79.9. The molecule has 0 fully saturated rings. The van der Waals surface area contributed by atoms with Gasteiger partial charge in [0.1, 0.15) is 0 Å². The highest BCUT2D eigenvalue weighted by Gasteiger charge is 2.24. The Labute approximate surface area is 121 Å². The molecule has 0 aliphatic rings. The highest BCUT2D eigenvalue weighted by molar-refractivity contribution is 9.10. The summed E-state index contributed by atoms with van der Waals surface area (Å²) in [7, 11) is -3.65. The van der Waals surface area contributed by atoms with E-state index in [1.807, 2.05) is 33.8 Å². The fraction of sp³-hybridized carbons (Fsp3) is 0.308. The Morgan fingerprint density at radius 1 is 1.11 bits per heavy atom. The first-order chi connectivity index (χ1) is 8.75. The van der Waals surface area contributed by atoms with E-state index in [9.17, 15) is 8.42 Å². The van der Waals surface area contributed by atoms with Crippen LogP contribution in [0.3, 0.4) is 0 Å². The standard InChI is InChI=1S/C13H15BrN2O2S/c1-8-5-9(2)11(4)13(10(8)3)19(17,18)16-7-12(14)6-15-16/h5-7H,1-4H3. The lowest BCUT2D eigenvalue weighted by Gasteiger charge is -2.15. The molecular weight excluding hydrogens is 328 g/mol. The van der Waals surface area contributed by atoms with Crippen molar-refractivity contribution in [1.29, 1.82) is 0 Å². The summed E-state index contributed by atoms with van der Waals surface area (Å²) in [5.74, 6) is 0. The Hall–Kier alpha value is -1.14. The Morgan fingerprint density at radius 2 is 1.63 bits per heavy atom. The van der Waals surface area contributed by atoms with Gasteiger partial charge in [-0.1, -0.05) is 6.07 Å². The van der Waals surface area contributed by atoms with E-state index in [4.69, 9.17) is 0 Å². The minimum absolute atomic E-state index is 0.348. The fourth-order valence-electron chi connectivity index (χ4n) is 2.08. The van der Waals surface area contributed by atoms with Gasteiger partial charge in [0.25, 0.3) is 10.0 Å². The second kappa shape index (κ2) is 4.76. The van der Waals surface area contributed by atoms with Crippen molar-refractivity contribution in [2.24, 2.45) is 0 Å². The lowest BCUT2D eigenvalue weighted by atomic mass is 10.0. The summed E-state index contributed by atoms with van der Waals surface area (Å²) < 4.78 is 27.0. The predicted octanol–water partition coefficient (Wildman–Crippen LogP) is 3.12. The summed E-state index contributed by atoms with van der Waals surface area (Å²) in [5, 5.41) is 3.89. The number of aryl methyl sites for hydroxylation is 2. The highest BCUT2D eigenvalue weighted by Crippen LogP contribution is 2.27. The number of benzene rings is 1. The smallest absolute Gasteiger partial charge is 0.199 e. The zero-order valence-electron chi connectivity index (χ0n) is 11.2. The van der Waals surface area contributed by atoms with Crippen LogP contribution in [-0.4, -0.2) is 17.6 Å². The zero-order valence-corrected chi connectivity index (χ0v) is 13.6. The van der Waals surface area contributed by atoms with E-state index < -0.39 is 10.0 Å². The third-order valence-electron chi connectivity index (χ3n) is 3.33. The van der Waals surface area contributed by atoms with Crippen LogP contribution in [0.15, 0.2) is 27.8 Å². The van der Waals surface area contributed by atoms with Crippen molar-refractivity contribution in [1.82, 2.24) is 9.19 Å². The Bertz CT molecular complexity index is 722. The molecule has 0 aliphatic carbocycles. The van der Waals surface area contributed by atoms with E-state index in [0.29, 0.717) is 9.37 Å². The molecule has 6 heteroatoms. The van der Waals surface area contributed by atoms with Gasteiger partial charge < -0.3 is 0 Å². The SMILES string of the molecule is Cc1cc(C)c(C)c(S(=O)(=O)n2cc(Br)cn2)c1C. The minimum Gasteiger partial charge on any atom is -0.199 e. The molecule has 0 unspecified atom stereocenters. The summed E-state index contributed by atoms with van der Waals surface area (Å²) in [4.78, 5) is 0.348. The van der Waals surface area contributed by atoms with Crippen LogP contribution in [0.2, 0.25) is 0 Å². The van der Waals surface area contributed by atoms with Crippen LogP contribution < -0.4 is 0 Å². The first-order valence-corrected chi connectivity index (χ1v) is 8.01. The van der Waals surface area contributed by atoms with Gasteiger partial charge in [-0.05, 0) is 65.9 Å². The van der Waals surface area contributed by atoms with E-state index in [2.05, 4.69) is 21.0 Å². The van der Waals surface area contributed by atoms with Crippen molar-refractivity contribution in [2.45, 2.75) is 32.6 Å². The molecule has 0 saturated carbocycles. The van der Waals surface area contributed by atoms with E-state index in [0.717, 1.165) is 26.3 Å². The number of rotatable bonds is 2. The lowest BCUT2D eigenvalue weighted by Crippen LogP contribution is -2.17. The van der Waals surface area contributed by atoms with Gasteiger partial charge in [0, 0.05) is 0 Å². The zero-order chi connectivity index (χ0) is 14.4. The molecule has 19 heavy (non-hydrogen) atoms. The number of aromatic nitrogens is 2. The van der Waals surface area contributed by atoms with E-state index in [1.54, 1.807) is 0 Å². The maximum absolute atomic E-state index is 12.7. The van der Waals surface area contributed by atoms with Gasteiger partial charge in [0.2, 0.25) is 0 Å². The Kier molecular flexibility index (Phi) is 3.57. The fourth-order valence-corrected chi connectivity index (χ4v) is 4.20. The summed E-state index contributed by atoms with van der Waals surface area (Å²) in [6.45, 7) is 7.49.